The average Bonchev–Trinajstić information content (AvgIpc) is 2.96. The number of allylic oxidation sites excluding steroid dienone is 1. The normalized spacial score (nSPS) is 17.0. The van der Waals surface area contributed by atoms with Gasteiger partial charge in [0.15, 0.2) is 5.17 Å². The molecule has 1 fully saturated rings. The second-order valence-electron chi connectivity index (χ2n) is 10.0. The number of urea groups is 1. The molecule has 2 aliphatic rings. The molecule has 0 aliphatic carbocycles. The summed E-state index contributed by atoms with van der Waals surface area (Å²) < 4.78 is 79.5. The van der Waals surface area contributed by atoms with E-state index in [0.29, 0.717) is 41.2 Å². The van der Waals surface area contributed by atoms with Gasteiger partial charge in [-0.3, -0.25) is 4.79 Å². The molecule has 0 spiro atoms. The molecule has 0 radical (unpaired) electrons. The molecule has 0 saturated carbocycles. The Balaban J connectivity index is 1.42. The van der Waals surface area contributed by atoms with Crippen molar-refractivity contribution in [1.82, 2.24) is 4.90 Å². The molecule has 1 unspecified atom stereocenters. The molecule has 1 atom stereocenters. The number of nitrogens with zero attached hydrogens (tertiary/aromatic N) is 2. The Kier molecular flexibility index (Phi) is 8.64. The number of aliphatic imine (C=N–C) groups is 1. The van der Waals surface area contributed by atoms with Crippen molar-refractivity contribution in [3.8, 4) is 0 Å². The lowest BCUT2D eigenvalue weighted by atomic mass is 9.93. The topological polar surface area (TPSA) is 85.8 Å². The largest absolute Gasteiger partial charge is 0.416 e. The maximum Gasteiger partial charge on any atom is 0.416 e. The highest BCUT2D eigenvalue weighted by molar-refractivity contribution is 8.13. The highest BCUT2D eigenvalue weighted by Crippen LogP contribution is 2.41. The zero-order valence-corrected chi connectivity index (χ0v) is 23.8. The Bertz CT molecular complexity index is 1610. The molecule has 1 saturated heterocycles. The molecule has 0 bridgehead atoms. The van der Waals surface area contributed by atoms with E-state index in [1.54, 1.807) is 61.2 Å². The number of amidine groups is 1. The maximum atomic E-state index is 13.6. The van der Waals surface area contributed by atoms with Crippen molar-refractivity contribution in [2.45, 2.75) is 31.7 Å². The van der Waals surface area contributed by atoms with Crippen LogP contribution in [0.15, 0.2) is 89.1 Å². The van der Waals surface area contributed by atoms with Gasteiger partial charge in [-0.25, -0.2) is 9.79 Å². The molecule has 0 aromatic heterocycles. The van der Waals surface area contributed by atoms with Gasteiger partial charge >= 0.3 is 18.4 Å². The number of rotatable bonds is 5. The number of nitrogens with one attached hydrogen (secondary N) is 3. The third-order valence-electron chi connectivity index (χ3n) is 6.84. The molecule has 2 heterocycles. The summed E-state index contributed by atoms with van der Waals surface area (Å²) in [5.41, 5.74) is -1.46. The van der Waals surface area contributed by atoms with Gasteiger partial charge in [-0.2, -0.15) is 26.3 Å². The summed E-state index contributed by atoms with van der Waals surface area (Å²) >= 11 is 1.56. The molecule has 2 aliphatic heterocycles. The van der Waals surface area contributed by atoms with Crippen molar-refractivity contribution < 1.29 is 35.9 Å². The zero-order valence-electron chi connectivity index (χ0n) is 23.0. The number of thioether (sulfide) groups is 1. The van der Waals surface area contributed by atoms with Gasteiger partial charge in [-0.1, -0.05) is 42.1 Å². The average molecular weight is 634 g/mol. The summed E-state index contributed by atoms with van der Waals surface area (Å²) in [7, 11) is 0. The van der Waals surface area contributed by atoms with Crippen LogP contribution in [0.4, 0.5) is 48.2 Å². The maximum absolute atomic E-state index is 13.6. The molecule has 3 aromatic carbocycles. The van der Waals surface area contributed by atoms with E-state index in [-0.39, 0.29) is 17.7 Å². The second kappa shape index (κ2) is 12.3. The van der Waals surface area contributed by atoms with E-state index in [2.05, 4.69) is 20.9 Å². The molecule has 230 valence electrons. The van der Waals surface area contributed by atoms with Crippen LogP contribution in [0.5, 0.6) is 0 Å². The molecule has 3 N–H and O–H groups in total. The molecule has 5 rings (SSSR count). The molecule has 3 amide bonds. The fourth-order valence-corrected chi connectivity index (χ4v) is 5.95. The molecule has 44 heavy (non-hydrogen) atoms. The third-order valence-corrected chi connectivity index (χ3v) is 7.92. The number of para-hydroxylation sites is 1. The lowest BCUT2D eigenvalue weighted by Crippen LogP contribution is -2.43. The number of anilines is 3. The van der Waals surface area contributed by atoms with Crippen molar-refractivity contribution in [2.24, 2.45) is 4.99 Å². The van der Waals surface area contributed by atoms with E-state index in [9.17, 15) is 35.9 Å². The Hall–Kier alpha value is -4.46. The van der Waals surface area contributed by atoms with Gasteiger partial charge in [0.05, 0.1) is 28.4 Å². The number of carbonyl (C=O) groups is 2. The summed E-state index contributed by atoms with van der Waals surface area (Å²) in [6, 6.07) is 14.6. The quantitative estimate of drug-likeness (QED) is 0.248. The zero-order chi connectivity index (χ0) is 31.6. The highest BCUT2D eigenvalue weighted by Gasteiger charge is 2.38. The van der Waals surface area contributed by atoms with Gasteiger partial charge in [0, 0.05) is 29.4 Å². The van der Waals surface area contributed by atoms with Crippen molar-refractivity contribution in [2.75, 3.05) is 28.2 Å². The molecule has 7 nitrogen and oxygen atoms in total. The van der Waals surface area contributed by atoms with Gasteiger partial charge in [0.1, 0.15) is 0 Å². The smallest absolute Gasteiger partial charge is 0.340 e. The van der Waals surface area contributed by atoms with E-state index in [0.717, 1.165) is 17.3 Å². The fourth-order valence-electron chi connectivity index (χ4n) is 4.93. The predicted octanol–water partition coefficient (Wildman–Crippen LogP) is 8.13. The van der Waals surface area contributed by atoms with Crippen LogP contribution in [-0.4, -0.2) is 34.3 Å². The van der Waals surface area contributed by atoms with E-state index >= 15 is 0 Å². The fraction of sp³-hybridized carbons (Fsp3) is 0.233. The summed E-state index contributed by atoms with van der Waals surface area (Å²) in [4.78, 5) is 33.0. The van der Waals surface area contributed by atoms with Crippen molar-refractivity contribution >= 4 is 45.9 Å². The monoisotopic (exact) mass is 633 g/mol. The van der Waals surface area contributed by atoms with Crippen LogP contribution in [0.1, 0.15) is 36.1 Å². The van der Waals surface area contributed by atoms with Crippen LogP contribution in [0.25, 0.3) is 0 Å². The summed E-state index contributed by atoms with van der Waals surface area (Å²) in [6.45, 7) is 2.35. The lowest BCUT2D eigenvalue weighted by molar-refractivity contribution is -0.143. The molecule has 14 heteroatoms. The predicted molar refractivity (Wildman–Crippen MR) is 157 cm³/mol. The van der Waals surface area contributed by atoms with Gasteiger partial charge in [0.25, 0.3) is 5.91 Å². The van der Waals surface area contributed by atoms with Crippen molar-refractivity contribution in [3.63, 3.8) is 0 Å². The van der Waals surface area contributed by atoms with Crippen LogP contribution in [-0.2, 0) is 17.1 Å². The van der Waals surface area contributed by atoms with Crippen LogP contribution in [0.3, 0.4) is 0 Å². The SMILES string of the molecule is CC1=C(C(=O)Nc2ccccc2)C(c2cccc(NC(=O)Nc3cc(C(F)(F)F)cc(C(F)(F)F)c3)c2)N2CCCSC2=N1. The summed E-state index contributed by atoms with van der Waals surface area (Å²) in [5, 5.41) is 8.18. The minimum absolute atomic E-state index is 0.0196. The van der Waals surface area contributed by atoms with Crippen LogP contribution in [0, 0.1) is 0 Å². The van der Waals surface area contributed by atoms with E-state index in [1.165, 1.54) is 6.07 Å². The van der Waals surface area contributed by atoms with E-state index < -0.39 is 41.2 Å². The van der Waals surface area contributed by atoms with Gasteiger partial charge in [0.2, 0.25) is 0 Å². The number of benzene rings is 3. The first kappa shape index (κ1) is 31.0. The van der Waals surface area contributed by atoms with E-state index in [1.807, 2.05) is 11.0 Å². The Morgan fingerprint density at radius 2 is 1.45 bits per heavy atom. The minimum Gasteiger partial charge on any atom is -0.340 e. The number of amides is 3. The molecular weight excluding hydrogens is 608 g/mol. The number of carbonyl (C=O) groups excluding carboxylic acids is 2. The third kappa shape index (κ3) is 7.01. The van der Waals surface area contributed by atoms with Crippen molar-refractivity contribution in [3.05, 3.63) is 101 Å². The van der Waals surface area contributed by atoms with Crippen LogP contribution >= 0.6 is 11.8 Å². The first-order valence-electron chi connectivity index (χ1n) is 13.3. The highest BCUT2D eigenvalue weighted by atomic mass is 32.2. The minimum atomic E-state index is -5.06. The summed E-state index contributed by atoms with van der Waals surface area (Å²) in [6.07, 6.45) is -9.29. The number of hydrogen-bond donors (Lipinski definition) is 3. The molecule has 3 aromatic rings. The number of hydrogen-bond acceptors (Lipinski definition) is 5. The Morgan fingerprint density at radius 3 is 2.11 bits per heavy atom. The Morgan fingerprint density at radius 1 is 0.818 bits per heavy atom. The first-order valence-corrected chi connectivity index (χ1v) is 14.3. The van der Waals surface area contributed by atoms with Crippen molar-refractivity contribution in [1.29, 1.82) is 0 Å². The van der Waals surface area contributed by atoms with Gasteiger partial charge < -0.3 is 20.9 Å². The second-order valence-corrected chi connectivity index (χ2v) is 11.1. The molecular formula is C30H25F6N5O2S. The van der Waals surface area contributed by atoms with Gasteiger partial charge in [-0.05, 0) is 61.4 Å². The first-order chi connectivity index (χ1) is 20.8. The lowest BCUT2D eigenvalue weighted by Gasteiger charge is -2.41. The summed E-state index contributed by atoms with van der Waals surface area (Å²) in [5.74, 6) is 0.493. The van der Waals surface area contributed by atoms with Crippen LogP contribution in [0.2, 0.25) is 0 Å². The van der Waals surface area contributed by atoms with Gasteiger partial charge in [-0.15, -0.1) is 0 Å². The number of alkyl halides is 6. The Labute approximate surface area is 252 Å². The number of halogens is 6. The standard InChI is InChI=1S/C30H25F6N5O2S/c1-17-24(26(42)38-21-8-3-2-4-9-21)25(41-11-6-12-44-28(41)37-17)18-7-5-10-22(13-18)39-27(43)40-23-15-19(29(31,32)33)14-20(16-23)30(34,35)36/h2-5,7-10,13-16,25H,6,11-12H2,1H3,(H,38,42)(H2,39,40,43). The number of fused-ring (bicyclic) bond motifs is 1. The van der Waals surface area contributed by atoms with E-state index in [4.69, 9.17) is 0 Å². The van der Waals surface area contributed by atoms with Crippen LogP contribution < -0.4 is 16.0 Å².